The molecule has 36 heteroatoms. The van der Waals surface area contributed by atoms with Crippen molar-refractivity contribution in [3.63, 3.8) is 0 Å². The normalized spacial score (nSPS) is 9.78. The van der Waals surface area contributed by atoms with E-state index in [4.69, 9.17) is 30.4 Å². The molecule has 36 nitrogen and oxygen atoms in total. The zero-order valence-corrected chi connectivity index (χ0v) is 46.7. The van der Waals surface area contributed by atoms with E-state index in [0.29, 0.717) is 0 Å². The number of carboxylic acids is 4. The van der Waals surface area contributed by atoms with Crippen LogP contribution in [0.3, 0.4) is 0 Å². The van der Waals surface area contributed by atoms with Crippen molar-refractivity contribution in [3.05, 3.63) is 229 Å². The molecule has 6 aromatic heterocycles. The lowest BCUT2D eigenvalue weighted by molar-refractivity contribution is -0.688. The Labute approximate surface area is 506 Å². The second-order valence-corrected chi connectivity index (χ2v) is 17.2. The van der Waals surface area contributed by atoms with Crippen molar-refractivity contribution < 1.29 is 155 Å². The first-order valence-corrected chi connectivity index (χ1v) is 22.9. The lowest BCUT2D eigenvalue weighted by Gasteiger charge is -2.22. The highest BCUT2D eigenvalue weighted by Crippen LogP contribution is 2.28. The van der Waals surface area contributed by atoms with E-state index in [-0.39, 0.29) is 76.7 Å². The predicted molar refractivity (Wildman–Crippen MR) is 305 cm³/mol. The van der Waals surface area contributed by atoms with Gasteiger partial charge in [-0.15, -0.1) is 23.0 Å². The standard InChI is InChI=1S/C38H34N10.2C8H6O6.14H2O/c1-3-35-39-36(4-1)46-20-16-42(28-46)24-32-9-13-34(14-10-32)26-44-18-22-48(30-44)38-6-2-5-37(40-38)47-21-17-43(29-47)25-33-11-7-31(8-12-33)23-41-15-19-45(35)27-41;2*9-5-3(7(11)12)1-2-4(6(5)10)8(13)14;;;;;;;;;;;;;;/h1-22,27-30H,23-26H2;2*1-2,9-10H,(H,11,12)(H,13,14);14*1H2/q+4;;;;;;;;;;;;;;;;/p-4. The summed E-state index contributed by atoms with van der Waals surface area (Å²) in [5.41, 5.74) is 2.07. The number of pyridine rings is 2. The van der Waals surface area contributed by atoms with E-state index in [1.165, 1.54) is 22.3 Å². The Kier molecular flexibility index (Phi) is 38.4. The van der Waals surface area contributed by atoms with Crippen LogP contribution in [0.4, 0.5) is 0 Å². The Balaban J connectivity index is -0.000000357. The molecular weight excluding hydrogens is 1200 g/mol. The largest absolute Gasteiger partial charge is 0.872 e. The predicted octanol–water partition coefficient (Wildman–Crippen LogP) is -9.79. The molecule has 16 bridgehead atoms. The van der Waals surface area contributed by atoms with Crippen LogP contribution in [0.25, 0.3) is 23.3 Å². The first-order chi connectivity index (χ1) is 36.6. The molecule has 4 aliphatic rings. The van der Waals surface area contributed by atoms with Crippen molar-refractivity contribution >= 4 is 23.9 Å². The molecule has 10 aromatic rings. The van der Waals surface area contributed by atoms with E-state index in [1.807, 2.05) is 24.3 Å². The fourth-order valence-corrected chi connectivity index (χ4v) is 8.03. The summed E-state index contributed by atoms with van der Waals surface area (Å²) in [5.74, 6) is -7.95. The summed E-state index contributed by atoms with van der Waals surface area (Å²) >= 11 is 0. The lowest BCUT2D eigenvalue weighted by atomic mass is 10.1. The number of carbonyl (C=O) groups is 4. The van der Waals surface area contributed by atoms with E-state index in [0.717, 1.165) is 73.7 Å². The summed E-state index contributed by atoms with van der Waals surface area (Å²) in [6.45, 7) is 3.11. The summed E-state index contributed by atoms with van der Waals surface area (Å²) in [6.07, 6.45) is 25.0. The van der Waals surface area contributed by atoms with Gasteiger partial charge in [0.05, 0.1) is 22.3 Å². The van der Waals surface area contributed by atoms with Gasteiger partial charge < -0.3 is 118 Å². The smallest absolute Gasteiger partial charge is 0.335 e. The van der Waals surface area contributed by atoms with Crippen LogP contribution in [0.15, 0.2) is 184 Å². The molecule has 0 radical (unpaired) electrons. The molecule has 4 aliphatic heterocycles. The highest BCUT2D eigenvalue weighted by molar-refractivity contribution is 5.98. The zero-order valence-electron chi connectivity index (χ0n) is 46.7. The number of hydrogen-bond acceptors (Lipinski definition) is 10. The van der Waals surface area contributed by atoms with Crippen LogP contribution in [0, 0.1) is 0 Å². The van der Waals surface area contributed by atoms with Crippen LogP contribution in [-0.4, -0.2) is 149 Å². The number of benzene rings is 4. The second-order valence-electron chi connectivity index (χ2n) is 17.2. The van der Waals surface area contributed by atoms with Gasteiger partial charge in [0.1, 0.15) is 75.8 Å². The van der Waals surface area contributed by atoms with E-state index >= 15 is 0 Å². The van der Waals surface area contributed by atoms with Crippen molar-refractivity contribution in [3.8, 4) is 46.3 Å². The van der Waals surface area contributed by atoms with Gasteiger partial charge in [-0.3, -0.25) is 0 Å². The quantitative estimate of drug-likeness (QED) is 0.119. The van der Waals surface area contributed by atoms with Gasteiger partial charge in [-0.05, 0) is 46.5 Å². The number of imidazole rings is 4. The van der Waals surface area contributed by atoms with Crippen LogP contribution in [0.5, 0.6) is 23.0 Å². The van der Waals surface area contributed by atoms with Crippen molar-refractivity contribution in [1.82, 2.24) is 28.2 Å². The first kappa shape index (κ1) is 89.7. The molecule has 4 aromatic carbocycles. The van der Waals surface area contributed by atoms with Gasteiger partial charge in [-0.1, -0.05) is 60.7 Å². The Bertz CT molecular complexity index is 3350. The number of rotatable bonds is 4. The highest BCUT2D eigenvalue weighted by Gasteiger charge is 2.17. The van der Waals surface area contributed by atoms with Gasteiger partial charge in [0, 0.05) is 24.3 Å². The van der Waals surface area contributed by atoms with Gasteiger partial charge >= 0.3 is 23.9 Å². The fourth-order valence-electron chi connectivity index (χ4n) is 8.03. The van der Waals surface area contributed by atoms with Crippen molar-refractivity contribution in [2.24, 2.45) is 0 Å². The third-order valence-corrected chi connectivity index (χ3v) is 11.9. The average Bonchev–Trinajstić information content (AvgIpc) is 1.36. The van der Waals surface area contributed by atoms with Gasteiger partial charge in [0.2, 0.25) is 23.3 Å². The summed E-state index contributed by atoms with van der Waals surface area (Å²) < 4.78 is 17.0. The summed E-state index contributed by atoms with van der Waals surface area (Å²) in [4.78, 5) is 51.4. The molecule has 14 rings (SSSR count). The molecule has 0 spiro atoms. The molecule has 90 heavy (non-hydrogen) atoms. The molecule has 32 N–H and O–H groups in total. The van der Waals surface area contributed by atoms with Gasteiger partial charge in [0.25, 0.3) is 25.3 Å². The Morgan fingerprint density at radius 1 is 0.311 bits per heavy atom. The van der Waals surface area contributed by atoms with E-state index in [2.05, 4.69) is 172 Å². The number of hydrogen-bond donors (Lipinski definition) is 4. The molecule has 0 amide bonds. The van der Waals surface area contributed by atoms with Crippen molar-refractivity contribution in [1.29, 1.82) is 0 Å². The zero-order chi connectivity index (χ0) is 53.6. The topological polar surface area (TPSA) is 743 Å². The second kappa shape index (κ2) is 38.6. The van der Waals surface area contributed by atoms with Crippen LogP contribution in [0.2, 0.25) is 0 Å². The highest BCUT2D eigenvalue weighted by atomic mass is 16.4. The van der Waals surface area contributed by atoms with Crippen molar-refractivity contribution in [2.75, 3.05) is 0 Å². The summed E-state index contributed by atoms with van der Waals surface area (Å²) in [5, 5.41) is 77.6. The monoisotopic (exact) mass is 1270 g/mol. The first-order valence-electron chi connectivity index (χ1n) is 22.9. The van der Waals surface area contributed by atoms with Crippen LogP contribution in [-0.2, 0) is 26.2 Å². The fraction of sp³-hybridized carbons (Fsp3) is 0.0741. The molecule has 0 aliphatic carbocycles. The molecule has 0 saturated carbocycles. The summed E-state index contributed by atoms with van der Waals surface area (Å²) in [6, 6.07) is 33.1. The molecule has 492 valence electrons. The van der Waals surface area contributed by atoms with E-state index < -0.39 is 69.1 Å². The van der Waals surface area contributed by atoms with Gasteiger partial charge in [-0.2, -0.15) is 28.2 Å². The maximum absolute atomic E-state index is 11.0. The summed E-state index contributed by atoms with van der Waals surface area (Å²) in [7, 11) is 0. The van der Waals surface area contributed by atoms with Crippen LogP contribution < -0.4 is 38.7 Å². The Hall–Kier alpha value is -11.5. The SMILES string of the molecule is O.O.O.O.O.O.O.O.O.O.O.O.O.O.O=C(O)c1ccc(C(=O)O)c([O-])c1[O-].O=C(O)c1ccc(C(=O)O)c([O-])c1[O-].c1cc2nc(c1)-n1cc[n+](c1)Cc1ccc(cc1)C[n+]1ccn(c1)-c1cccc(n1)-n1cc[n+](c1)Cc1ccc(cc1)C[n+]1ccn-2c1. The van der Waals surface area contributed by atoms with E-state index in [9.17, 15) is 39.6 Å². The maximum Gasteiger partial charge on any atom is 0.335 e. The Morgan fingerprint density at radius 3 is 0.656 bits per heavy atom. The van der Waals surface area contributed by atoms with Crippen LogP contribution in [0.1, 0.15) is 63.7 Å². The molecule has 0 saturated heterocycles. The van der Waals surface area contributed by atoms with Crippen molar-refractivity contribution in [2.45, 2.75) is 26.2 Å². The molecule has 10 heterocycles. The molecule has 0 fully saturated rings. The minimum absolute atomic E-state index is 0. The molecule has 0 unspecified atom stereocenters. The third kappa shape index (κ3) is 20.3. The van der Waals surface area contributed by atoms with E-state index in [1.54, 1.807) is 0 Å². The van der Waals surface area contributed by atoms with Gasteiger partial charge in [-0.25, -0.2) is 37.4 Å². The third-order valence-electron chi connectivity index (χ3n) is 11.9. The van der Waals surface area contributed by atoms with Crippen LogP contribution >= 0.6 is 0 Å². The molecular formula is C54H70N10O26. The number of aromatic carboxylic acids is 4. The maximum atomic E-state index is 11.0. The number of aromatic nitrogens is 10. The molecule has 0 atom stereocenters. The average molecular weight is 1280 g/mol. The number of carboxylic acid groups (broad SMARTS) is 4. The lowest BCUT2D eigenvalue weighted by Crippen LogP contribution is -2.32. The number of nitrogens with zero attached hydrogens (tertiary/aromatic N) is 10. The van der Waals surface area contributed by atoms with Gasteiger partial charge in [0.15, 0.2) is 0 Å². The minimum Gasteiger partial charge on any atom is -0.872 e. The Morgan fingerprint density at radius 2 is 0.489 bits per heavy atom. The minimum atomic E-state index is -1.55.